The highest BCUT2D eigenvalue weighted by Gasteiger charge is 2.27. The summed E-state index contributed by atoms with van der Waals surface area (Å²) in [6.07, 6.45) is 9.74. The first-order chi connectivity index (χ1) is 16.0. The minimum Gasteiger partial charge on any atom is -0.340 e. The number of anilines is 3. The van der Waals surface area contributed by atoms with Gasteiger partial charge in [0.1, 0.15) is 6.04 Å². The SMILES string of the molecule is Cn1cc(NC(=O)[C@H](CC2CCCC2)NC(=O)c2cccc(Nc3ncccc3F)c2)cn1. The number of rotatable bonds is 8. The zero-order valence-corrected chi connectivity index (χ0v) is 18.4. The van der Waals surface area contributed by atoms with E-state index in [1.54, 1.807) is 48.4 Å². The molecule has 2 heterocycles. The Morgan fingerprint density at radius 1 is 1.18 bits per heavy atom. The summed E-state index contributed by atoms with van der Waals surface area (Å²) in [5, 5.41) is 12.7. The fourth-order valence-corrected chi connectivity index (χ4v) is 4.12. The van der Waals surface area contributed by atoms with Gasteiger partial charge in [0.05, 0.1) is 11.9 Å². The Labute approximate surface area is 191 Å². The molecule has 9 heteroatoms. The Bertz CT molecular complexity index is 1130. The fraction of sp³-hybridized carbons (Fsp3) is 0.333. The van der Waals surface area contributed by atoms with Crippen LogP contribution >= 0.6 is 0 Å². The van der Waals surface area contributed by atoms with Crippen molar-refractivity contribution in [2.45, 2.75) is 38.1 Å². The predicted octanol–water partition coefficient (Wildman–Crippen LogP) is 4.02. The molecule has 0 saturated heterocycles. The van der Waals surface area contributed by atoms with E-state index >= 15 is 0 Å². The van der Waals surface area contributed by atoms with E-state index in [4.69, 9.17) is 0 Å². The molecule has 1 fully saturated rings. The Hall–Kier alpha value is -3.75. The molecular formula is C24H27FN6O2. The maximum Gasteiger partial charge on any atom is 0.252 e. The van der Waals surface area contributed by atoms with Gasteiger partial charge in [-0.25, -0.2) is 9.37 Å². The number of carbonyl (C=O) groups is 2. The first-order valence-corrected chi connectivity index (χ1v) is 11.1. The monoisotopic (exact) mass is 450 g/mol. The third-order valence-electron chi connectivity index (χ3n) is 5.78. The number of amides is 2. The molecule has 0 unspecified atom stereocenters. The minimum absolute atomic E-state index is 0.0741. The molecule has 0 bridgehead atoms. The van der Waals surface area contributed by atoms with Gasteiger partial charge in [-0.1, -0.05) is 31.7 Å². The topological polar surface area (TPSA) is 101 Å². The number of nitrogens with one attached hydrogen (secondary N) is 3. The van der Waals surface area contributed by atoms with Crippen LogP contribution in [0, 0.1) is 11.7 Å². The van der Waals surface area contributed by atoms with Crippen molar-refractivity contribution in [1.29, 1.82) is 0 Å². The summed E-state index contributed by atoms with van der Waals surface area (Å²) in [6, 6.07) is 8.81. The van der Waals surface area contributed by atoms with Crippen LogP contribution in [0.2, 0.25) is 0 Å². The van der Waals surface area contributed by atoms with Crippen molar-refractivity contribution in [3.8, 4) is 0 Å². The van der Waals surface area contributed by atoms with Gasteiger partial charge in [0.25, 0.3) is 5.91 Å². The molecule has 4 rings (SSSR count). The van der Waals surface area contributed by atoms with Crippen LogP contribution < -0.4 is 16.0 Å². The normalized spacial score (nSPS) is 14.6. The largest absolute Gasteiger partial charge is 0.340 e. The van der Waals surface area contributed by atoms with E-state index in [2.05, 4.69) is 26.0 Å². The van der Waals surface area contributed by atoms with Crippen LogP contribution in [0.25, 0.3) is 0 Å². The number of hydrogen-bond acceptors (Lipinski definition) is 5. The Morgan fingerprint density at radius 2 is 2.00 bits per heavy atom. The average molecular weight is 451 g/mol. The average Bonchev–Trinajstić information content (AvgIpc) is 3.46. The smallest absolute Gasteiger partial charge is 0.252 e. The first kappa shape index (κ1) is 22.4. The van der Waals surface area contributed by atoms with Crippen molar-refractivity contribution >= 4 is 29.0 Å². The fourth-order valence-electron chi connectivity index (χ4n) is 4.12. The second-order valence-corrected chi connectivity index (χ2v) is 8.34. The molecule has 2 amide bonds. The molecule has 1 atom stereocenters. The van der Waals surface area contributed by atoms with Gasteiger partial charge < -0.3 is 16.0 Å². The highest BCUT2D eigenvalue weighted by Crippen LogP contribution is 2.29. The van der Waals surface area contributed by atoms with Gasteiger partial charge >= 0.3 is 0 Å². The van der Waals surface area contributed by atoms with E-state index in [-0.39, 0.29) is 17.6 Å². The number of carbonyl (C=O) groups excluding carboxylic acids is 2. The molecule has 8 nitrogen and oxygen atoms in total. The van der Waals surface area contributed by atoms with Crippen LogP contribution in [0.5, 0.6) is 0 Å². The second kappa shape index (κ2) is 10.2. The standard InChI is InChI=1S/C24H27FN6O2/c1-31-15-19(14-27-31)29-24(33)21(12-16-6-2-3-7-16)30-23(32)17-8-4-9-18(13-17)28-22-20(25)10-5-11-26-22/h4-5,8-11,13-16,21H,2-3,6-7,12H2,1H3,(H,26,28)(H,29,33)(H,30,32)/t21-/m0/s1. The summed E-state index contributed by atoms with van der Waals surface area (Å²) in [5.41, 5.74) is 1.46. The highest BCUT2D eigenvalue weighted by molar-refractivity contribution is 6.01. The lowest BCUT2D eigenvalue weighted by molar-refractivity contribution is -0.118. The van der Waals surface area contributed by atoms with E-state index in [1.165, 1.54) is 18.3 Å². The molecule has 172 valence electrons. The van der Waals surface area contributed by atoms with E-state index < -0.39 is 11.9 Å². The third kappa shape index (κ3) is 5.94. The second-order valence-electron chi connectivity index (χ2n) is 8.34. The molecule has 1 aromatic carbocycles. The van der Waals surface area contributed by atoms with E-state index in [0.29, 0.717) is 29.3 Å². The van der Waals surface area contributed by atoms with Crippen molar-refractivity contribution in [2.75, 3.05) is 10.6 Å². The van der Waals surface area contributed by atoms with Crippen molar-refractivity contribution in [3.63, 3.8) is 0 Å². The summed E-state index contributed by atoms with van der Waals surface area (Å²) in [4.78, 5) is 30.0. The molecule has 1 aliphatic rings. The number of nitrogens with zero attached hydrogens (tertiary/aromatic N) is 3. The number of hydrogen-bond donors (Lipinski definition) is 3. The summed E-state index contributed by atoms with van der Waals surface area (Å²) >= 11 is 0. The Balaban J connectivity index is 1.47. The van der Waals surface area contributed by atoms with Crippen molar-refractivity contribution in [2.24, 2.45) is 13.0 Å². The number of benzene rings is 1. The molecule has 1 aliphatic carbocycles. The molecule has 3 aromatic rings. The molecular weight excluding hydrogens is 423 g/mol. The van der Waals surface area contributed by atoms with Gasteiger partial charge in [-0.05, 0) is 42.7 Å². The van der Waals surface area contributed by atoms with E-state index in [0.717, 1.165) is 25.7 Å². The maximum atomic E-state index is 13.9. The molecule has 3 N–H and O–H groups in total. The van der Waals surface area contributed by atoms with Crippen molar-refractivity contribution < 1.29 is 14.0 Å². The van der Waals surface area contributed by atoms with Crippen LogP contribution in [-0.4, -0.2) is 32.6 Å². The van der Waals surface area contributed by atoms with Crippen LogP contribution in [0.15, 0.2) is 55.0 Å². The predicted molar refractivity (Wildman–Crippen MR) is 124 cm³/mol. The molecule has 0 aliphatic heterocycles. The molecule has 33 heavy (non-hydrogen) atoms. The van der Waals surface area contributed by atoms with Gasteiger partial charge in [-0.2, -0.15) is 5.10 Å². The first-order valence-electron chi connectivity index (χ1n) is 11.1. The van der Waals surface area contributed by atoms with Crippen LogP contribution in [0.3, 0.4) is 0 Å². The van der Waals surface area contributed by atoms with E-state index in [1.807, 2.05) is 0 Å². The number of aromatic nitrogens is 3. The highest BCUT2D eigenvalue weighted by atomic mass is 19.1. The molecule has 0 spiro atoms. The van der Waals surface area contributed by atoms with Crippen LogP contribution in [0.4, 0.5) is 21.6 Å². The number of pyridine rings is 1. The molecule has 0 radical (unpaired) electrons. The van der Waals surface area contributed by atoms with Crippen molar-refractivity contribution in [1.82, 2.24) is 20.1 Å². The van der Waals surface area contributed by atoms with E-state index in [9.17, 15) is 14.0 Å². The quantitative estimate of drug-likeness (QED) is 0.481. The minimum atomic E-state index is -0.675. The van der Waals surface area contributed by atoms with Gasteiger partial charge in [-0.15, -0.1) is 0 Å². The summed E-state index contributed by atoms with van der Waals surface area (Å²) in [6.45, 7) is 0. The summed E-state index contributed by atoms with van der Waals surface area (Å²) < 4.78 is 15.5. The summed E-state index contributed by atoms with van der Waals surface area (Å²) in [7, 11) is 1.77. The van der Waals surface area contributed by atoms with Gasteiger partial charge in [0.2, 0.25) is 5.91 Å². The zero-order valence-electron chi connectivity index (χ0n) is 18.4. The zero-order chi connectivity index (χ0) is 23.2. The van der Waals surface area contributed by atoms with Crippen LogP contribution in [-0.2, 0) is 11.8 Å². The van der Waals surface area contributed by atoms with Gasteiger partial charge in [0.15, 0.2) is 11.6 Å². The number of aryl methyl sites for hydroxylation is 1. The lowest BCUT2D eigenvalue weighted by Crippen LogP contribution is -2.44. The van der Waals surface area contributed by atoms with Gasteiger partial charge in [-0.3, -0.25) is 14.3 Å². The third-order valence-corrected chi connectivity index (χ3v) is 5.78. The Morgan fingerprint density at radius 3 is 2.73 bits per heavy atom. The maximum absolute atomic E-state index is 13.9. The molecule has 2 aromatic heterocycles. The van der Waals surface area contributed by atoms with Crippen LogP contribution in [0.1, 0.15) is 42.5 Å². The summed E-state index contributed by atoms with van der Waals surface area (Å²) in [5.74, 6) is -0.659. The lowest BCUT2D eigenvalue weighted by atomic mass is 9.97. The van der Waals surface area contributed by atoms with Crippen molar-refractivity contribution in [3.05, 3.63) is 66.4 Å². The van der Waals surface area contributed by atoms with Gasteiger partial charge in [0, 0.05) is 30.7 Å². The lowest BCUT2D eigenvalue weighted by Gasteiger charge is -2.21. The Kier molecular flexibility index (Phi) is 6.97. The number of halogens is 1. The molecule has 1 saturated carbocycles.